The number of nitrogens with one attached hydrogen (secondary N) is 3. The number of nitrogens with zero attached hydrogens (tertiary/aromatic N) is 5. The van der Waals surface area contributed by atoms with Gasteiger partial charge >= 0.3 is 0 Å². The van der Waals surface area contributed by atoms with Gasteiger partial charge < -0.3 is 19.9 Å². The van der Waals surface area contributed by atoms with Crippen molar-refractivity contribution >= 4 is 34.7 Å². The molecule has 1 amide bonds. The Kier molecular flexibility index (Phi) is 6.85. The normalized spacial score (nSPS) is 15.7. The van der Waals surface area contributed by atoms with Crippen LogP contribution in [0.15, 0.2) is 48.8 Å². The zero-order valence-electron chi connectivity index (χ0n) is 19.2. The summed E-state index contributed by atoms with van der Waals surface area (Å²) >= 11 is 0. The van der Waals surface area contributed by atoms with Crippen LogP contribution in [0.1, 0.15) is 23.3 Å². The molecule has 0 bridgehead atoms. The van der Waals surface area contributed by atoms with E-state index >= 15 is 0 Å². The molecule has 35 heavy (non-hydrogen) atoms. The number of ether oxygens (including phenoxy) is 1. The number of pyridine rings is 1. The van der Waals surface area contributed by atoms with Crippen LogP contribution in [-0.4, -0.2) is 60.3 Å². The fourth-order valence-electron chi connectivity index (χ4n) is 4.09. The Morgan fingerprint density at radius 3 is 2.34 bits per heavy atom. The minimum Gasteiger partial charge on any atom is -0.378 e. The Morgan fingerprint density at radius 2 is 1.63 bits per heavy atom. The van der Waals surface area contributed by atoms with Crippen LogP contribution in [0.4, 0.5) is 33.2 Å². The van der Waals surface area contributed by atoms with Crippen LogP contribution in [0.25, 0.3) is 0 Å². The van der Waals surface area contributed by atoms with E-state index in [0.29, 0.717) is 26.3 Å². The summed E-state index contributed by atoms with van der Waals surface area (Å²) in [5, 5.41) is 3.29. The topological polar surface area (TPSA) is 108 Å². The molecule has 2 saturated heterocycles. The highest BCUT2D eigenvalue weighted by Crippen LogP contribution is 2.24. The molecule has 2 aromatic heterocycles. The largest absolute Gasteiger partial charge is 0.378 e. The van der Waals surface area contributed by atoms with Crippen molar-refractivity contribution in [3.63, 3.8) is 0 Å². The summed E-state index contributed by atoms with van der Waals surface area (Å²) in [4.78, 5) is 28.9. The molecule has 10 nitrogen and oxygen atoms in total. The summed E-state index contributed by atoms with van der Waals surface area (Å²) in [6.45, 7) is 4.29. The summed E-state index contributed by atoms with van der Waals surface area (Å²) < 4.78 is 19.5. The molecule has 3 aromatic rings. The van der Waals surface area contributed by atoms with Crippen molar-refractivity contribution in [3.05, 3.63) is 60.3 Å². The second-order valence-corrected chi connectivity index (χ2v) is 8.34. The Morgan fingerprint density at radius 1 is 0.886 bits per heavy atom. The molecule has 4 heterocycles. The van der Waals surface area contributed by atoms with Crippen LogP contribution in [-0.2, 0) is 4.74 Å². The van der Waals surface area contributed by atoms with Gasteiger partial charge in [0.2, 0.25) is 5.95 Å². The van der Waals surface area contributed by atoms with Crippen LogP contribution in [0.3, 0.4) is 0 Å². The Hall–Kier alpha value is -3.99. The number of hydrazine groups is 1. The van der Waals surface area contributed by atoms with Crippen LogP contribution in [0.2, 0.25) is 0 Å². The van der Waals surface area contributed by atoms with Crippen LogP contribution >= 0.6 is 0 Å². The predicted octanol–water partition coefficient (Wildman–Crippen LogP) is 2.95. The SMILES string of the molecule is O=C(NNc1ncc(F)c(N2CCOCC2)n1)c1ccc(Nc2ccc(N3CCCC3)cc2)cn1. The van der Waals surface area contributed by atoms with Gasteiger partial charge in [0.05, 0.1) is 31.3 Å². The van der Waals surface area contributed by atoms with Gasteiger partial charge in [0.1, 0.15) is 5.69 Å². The van der Waals surface area contributed by atoms with Gasteiger partial charge in [-0.15, -0.1) is 0 Å². The minimum atomic E-state index is -0.529. The zero-order chi connectivity index (χ0) is 24.0. The van der Waals surface area contributed by atoms with E-state index in [2.05, 4.69) is 48.2 Å². The van der Waals surface area contributed by atoms with Crippen LogP contribution < -0.4 is 26.0 Å². The number of hydrogen-bond acceptors (Lipinski definition) is 9. The molecule has 0 unspecified atom stereocenters. The summed E-state index contributed by atoms with van der Waals surface area (Å²) in [7, 11) is 0. The molecule has 0 atom stereocenters. The fraction of sp³-hybridized carbons (Fsp3) is 0.333. The maximum absolute atomic E-state index is 14.2. The number of aromatic nitrogens is 3. The highest BCUT2D eigenvalue weighted by molar-refractivity contribution is 5.93. The van der Waals surface area contributed by atoms with Gasteiger partial charge in [0, 0.05) is 37.6 Å². The molecular formula is C24H27FN8O2. The predicted molar refractivity (Wildman–Crippen MR) is 132 cm³/mol. The fourth-order valence-corrected chi connectivity index (χ4v) is 4.09. The lowest BCUT2D eigenvalue weighted by atomic mass is 10.2. The molecule has 2 aliphatic rings. The van der Waals surface area contributed by atoms with Crippen molar-refractivity contribution in [2.45, 2.75) is 12.8 Å². The van der Waals surface area contributed by atoms with Gasteiger partial charge in [-0.1, -0.05) is 0 Å². The minimum absolute atomic E-state index is 0.0805. The molecule has 5 rings (SSSR count). The van der Waals surface area contributed by atoms with Crippen molar-refractivity contribution in [2.75, 3.05) is 59.9 Å². The van der Waals surface area contributed by atoms with E-state index in [4.69, 9.17) is 4.74 Å². The molecule has 11 heteroatoms. The van der Waals surface area contributed by atoms with Crippen molar-refractivity contribution in [1.29, 1.82) is 0 Å². The van der Waals surface area contributed by atoms with Crippen LogP contribution in [0, 0.1) is 5.82 Å². The van der Waals surface area contributed by atoms with Gasteiger partial charge in [-0.05, 0) is 49.2 Å². The van der Waals surface area contributed by atoms with Crippen molar-refractivity contribution in [3.8, 4) is 0 Å². The highest BCUT2D eigenvalue weighted by atomic mass is 19.1. The number of rotatable bonds is 7. The lowest BCUT2D eigenvalue weighted by Gasteiger charge is -2.28. The van der Waals surface area contributed by atoms with E-state index in [1.165, 1.54) is 18.5 Å². The first-order chi connectivity index (χ1) is 17.2. The second-order valence-electron chi connectivity index (χ2n) is 8.34. The van der Waals surface area contributed by atoms with Gasteiger partial charge in [0.15, 0.2) is 11.6 Å². The van der Waals surface area contributed by atoms with E-state index < -0.39 is 11.7 Å². The van der Waals surface area contributed by atoms with Crippen molar-refractivity contribution < 1.29 is 13.9 Å². The molecule has 3 N–H and O–H groups in total. The number of halogens is 1. The molecule has 1 aromatic carbocycles. The summed E-state index contributed by atoms with van der Waals surface area (Å²) in [6.07, 6.45) is 5.15. The van der Waals surface area contributed by atoms with E-state index in [1.54, 1.807) is 23.2 Å². The number of amides is 1. The number of hydrogen-bond donors (Lipinski definition) is 3. The Balaban J connectivity index is 1.16. The first-order valence-electron chi connectivity index (χ1n) is 11.7. The van der Waals surface area contributed by atoms with Gasteiger partial charge in [-0.3, -0.25) is 15.6 Å². The smallest absolute Gasteiger partial charge is 0.288 e. The van der Waals surface area contributed by atoms with E-state index in [-0.39, 0.29) is 17.5 Å². The number of anilines is 5. The monoisotopic (exact) mass is 478 g/mol. The van der Waals surface area contributed by atoms with E-state index in [9.17, 15) is 9.18 Å². The standard InChI is InChI=1S/C24H27FN8O2/c25-20-16-27-24(29-22(20)33-11-13-35-14-12-33)31-30-23(34)21-8-5-18(15-26-21)28-17-3-6-19(7-4-17)32-9-1-2-10-32/h3-8,15-16,28H,1-2,9-14H2,(H,30,34)(H,27,29,31). The quantitative estimate of drug-likeness (QED) is 0.442. The average molecular weight is 479 g/mol. The van der Waals surface area contributed by atoms with Gasteiger partial charge in [-0.25, -0.2) is 14.4 Å². The van der Waals surface area contributed by atoms with Crippen molar-refractivity contribution in [1.82, 2.24) is 20.4 Å². The third-order valence-electron chi connectivity index (χ3n) is 5.95. The first kappa shape index (κ1) is 22.8. The lowest BCUT2D eigenvalue weighted by Crippen LogP contribution is -2.38. The lowest BCUT2D eigenvalue weighted by molar-refractivity contribution is 0.0957. The second kappa shape index (κ2) is 10.5. The van der Waals surface area contributed by atoms with Gasteiger partial charge in [-0.2, -0.15) is 4.98 Å². The molecule has 0 spiro atoms. The average Bonchev–Trinajstić information content (AvgIpc) is 3.45. The Labute approximate surface area is 202 Å². The zero-order valence-corrected chi connectivity index (χ0v) is 19.2. The molecule has 0 radical (unpaired) electrons. The summed E-state index contributed by atoms with van der Waals surface area (Å²) in [5.41, 5.74) is 8.27. The van der Waals surface area contributed by atoms with E-state index in [1.807, 2.05) is 12.1 Å². The van der Waals surface area contributed by atoms with Crippen molar-refractivity contribution in [2.24, 2.45) is 0 Å². The molecule has 2 fully saturated rings. The summed E-state index contributed by atoms with van der Waals surface area (Å²) in [5.74, 6) is -0.745. The molecule has 0 aliphatic carbocycles. The summed E-state index contributed by atoms with van der Waals surface area (Å²) in [6, 6.07) is 11.7. The van der Waals surface area contributed by atoms with Gasteiger partial charge in [0.25, 0.3) is 5.91 Å². The van der Waals surface area contributed by atoms with Crippen LogP contribution in [0.5, 0.6) is 0 Å². The number of carbonyl (C=O) groups is 1. The molecule has 182 valence electrons. The number of carbonyl (C=O) groups excluding carboxylic acids is 1. The third kappa shape index (κ3) is 5.57. The highest BCUT2D eigenvalue weighted by Gasteiger charge is 2.18. The third-order valence-corrected chi connectivity index (χ3v) is 5.95. The number of morpholine rings is 1. The maximum atomic E-state index is 14.2. The first-order valence-corrected chi connectivity index (χ1v) is 11.7. The molecular weight excluding hydrogens is 451 g/mol. The molecule has 2 aliphatic heterocycles. The molecule has 0 saturated carbocycles. The number of benzene rings is 1. The maximum Gasteiger partial charge on any atom is 0.288 e. The van der Waals surface area contributed by atoms with E-state index in [0.717, 1.165) is 30.7 Å². The Bertz CT molecular complexity index is 1150.